The van der Waals surface area contributed by atoms with Crippen LogP contribution in [-0.2, 0) is 0 Å². The smallest absolute Gasteiger partial charge is 0.227 e. The first-order chi connectivity index (χ1) is 23.3. The fourth-order valence-electron chi connectivity index (χ4n) is 6.41. The molecule has 222 valence electrons. The molecule has 0 aliphatic heterocycles. The summed E-state index contributed by atoms with van der Waals surface area (Å²) in [5.74, 6) is 0.600. The molecule has 0 spiro atoms. The van der Waals surface area contributed by atoms with Crippen LogP contribution in [-0.4, -0.2) is 4.98 Å². The van der Waals surface area contributed by atoms with Crippen LogP contribution >= 0.6 is 0 Å². The largest absolute Gasteiger partial charge is 0.456 e. The highest BCUT2D eigenvalue weighted by Crippen LogP contribution is 2.42. The lowest BCUT2D eigenvalue weighted by Gasteiger charge is -2.26. The molecule has 0 N–H and O–H groups in total. The highest BCUT2D eigenvalue weighted by Gasteiger charge is 2.19. The molecule has 0 aliphatic rings. The number of nitrogens with zero attached hydrogens (tertiary/aromatic N) is 2. The normalized spacial score (nSPS) is 11.4. The van der Waals surface area contributed by atoms with Gasteiger partial charge in [0.15, 0.2) is 5.58 Å². The summed E-state index contributed by atoms with van der Waals surface area (Å²) in [5.41, 5.74) is 11.8. The van der Waals surface area contributed by atoms with Gasteiger partial charge in [0, 0.05) is 34.1 Å². The molecule has 0 radical (unpaired) electrons. The number of hydrogen-bond donors (Lipinski definition) is 0. The van der Waals surface area contributed by atoms with Crippen LogP contribution in [0.2, 0.25) is 0 Å². The van der Waals surface area contributed by atoms with Gasteiger partial charge < -0.3 is 13.7 Å². The van der Waals surface area contributed by atoms with Crippen molar-refractivity contribution in [2.45, 2.75) is 0 Å². The Morgan fingerprint density at radius 2 is 1.00 bits per heavy atom. The number of furan rings is 1. The molecule has 0 atom stereocenters. The van der Waals surface area contributed by atoms with Crippen LogP contribution < -0.4 is 4.90 Å². The van der Waals surface area contributed by atoms with Crippen LogP contribution in [0.3, 0.4) is 0 Å². The van der Waals surface area contributed by atoms with Crippen molar-refractivity contribution in [1.82, 2.24) is 4.98 Å². The highest BCUT2D eigenvalue weighted by molar-refractivity contribution is 6.16. The van der Waals surface area contributed by atoms with Gasteiger partial charge in [-0.1, -0.05) is 103 Å². The minimum Gasteiger partial charge on any atom is -0.456 e. The molecule has 0 saturated carbocycles. The Morgan fingerprint density at radius 3 is 1.72 bits per heavy atom. The Morgan fingerprint density at radius 1 is 0.404 bits per heavy atom. The third-order valence-corrected chi connectivity index (χ3v) is 8.70. The summed E-state index contributed by atoms with van der Waals surface area (Å²) in [6.45, 7) is 0. The summed E-state index contributed by atoms with van der Waals surface area (Å²) in [6.07, 6.45) is 0. The van der Waals surface area contributed by atoms with E-state index in [1.807, 2.05) is 54.6 Å². The first-order valence-electron chi connectivity index (χ1n) is 15.7. The second kappa shape index (κ2) is 11.2. The van der Waals surface area contributed by atoms with Gasteiger partial charge in [-0.2, -0.15) is 0 Å². The summed E-state index contributed by atoms with van der Waals surface area (Å²) in [4.78, 5) is 7.07. The Labute approximate surface area is 271 Å². The SMILES string of the molecule is c1ccc(-c2ccc(N(c3cccc(-c4ccccc4)c3)c3ccc4c(c3)oc3ccc5nc(-c6ccccc6)oc5c34)cc2)cc1. The van der Waals surface area contributed by atoms with E-state index in [1.165, 1.54) is 16.7 Å². The molecule has 7 aromatic carbocycles. The zero-order chi connectivity index (χ0) is 31.2. The van der Waals surface area contributed by atoms with Crippen molar-refractivity contribution in [3.63, 3.8) is 0 Å². The van der Waals surface area contributed by atoms with Crippen LogP contribution in [0.5, 0.6) is 0 Å². The second-order valence-corrected chi connectivity index (χ2v) is 11.6. The Hall–Kier alpha value is -6.39. The van der Waals surface area contributed by atoms with Gasteiger partial charge in [0.25, 0.3) is 0 Å². The van der Waals surface area contributed by atoms with E-state index in [9.17, 15) is 0 Å². The first kappa shape index (κ1) is 27.0. The summed E-state index contributed by atoms with van der Waals surface area (Å²) >= 11 is 0. The van der Waals surface area contributed by atoms with E-state index in [4.69, 9.17) is 13.8 Å². The van der Waals surface area contributed by atoms with Crippen molar-refractivity contribution >= 4 is 50.1 Å². The maximum absolute atomic E-state index is 6.49. The maximum atomic E-state index is 6.49. The quantitative estimate of drug-likeness (QED) is 0.189. The van der Waals surface area contributed by atoms with Crippen molar-refractivity contribution in [2.24, 2.45) is 0 Å². The molecule has 0 unspecified atom stereocenters. The van der Waals surface area contributed by atoms with E-state index in [-0.39, 0.29) is 0 Å². The molecule has 9 aromatic rings. The summed E-state index contributed by atoms with van der Waals surface area (Å²) in [6, 6.07) is 58.7. The van der Waals surface area contributed by atoms with Crippen molar-refractivity contribution in [3.05, 3.63) is 170 Å². The average Bonchev–Trinajstić information content (AvgIpc) is 3.75. The van der Waals surface area contributed by atoms with E-state index >= 15 is 0 Å². The van der Waals surface area contributed by atoms with Gasteiger partial charge >= 0.3 is 0 Å². The minimum absolute atomic E-state index is 0.600. The van der Waals surface area contributed by atoms with Crippen molar-refractivity contribution in [1.29, 1.82) is 0 Å². The third kappa shape index (κ3) is 4.84. The average molecular weight is 605 g/mol. The summed E-state index contributed by atoms with van der Waals surface area (Å²) in [5, 5.41) is 1.92. The van der Waals surface area contributed by atoms with Crippen LogP contribution in [0.15, 0.2) is 179 Å². The van der Waals surface area contributed by atoms with Crippen LogP contribution in [0.4, 0.5) is 17.1 Å². The number of aromatic nitrogens is 1. The predicted octanol–water partition coefficient (Wildman–Crippen LogP) is 12.2. The molecule has 9 rings (SSSR count). The van der Waals surface area contributed by atoms with Crippen molar-refractivity contribution in [3.8, 4) is 33.7 Å². The van der Waals surface area contributed by atoms with E-state index in [0.29, 0.717) is 5.89 Å². The molecule has 0 aliphatic carbocycles. The zero-order valence-electron chi connectivity index (χ0n) is 25.4. The number of fused-ring (bicyclic) bond motifs is 5. The maximum Gasteiger partial charge on any atom is 0.227 e. The number of hydrogen-bond acceptors (Lipinski definition) is 4. The van der Waals surface area contributed by atoms with Crippen LogP contribution in [0, 0.1) is 0 Å². The van der Waals surface area contributed by atoms with Gasteiger partial charge in [0.1, 0.15) is 16.7 Å². The second-order valence-electron chi connectivity index (χ2n) is 11.6. The zero-order valence-corrected chi connectivity index (χ0v) is 25.4. The lowest BCUT2D eigenvalue weighted by atomic mass is 10.0. The molecule has 47 heavy (non-hydrogen) atoms. The number of anilines is 3. The van der Waals surface area contributed by atoms with Crippen molar-refractivity contribution in [2.75, 3.05) is 4.90 Å². The molecule has 4 nitrogen and oxygen atoms in total. The van der Waals surface area contributed by atoms with Crippen molar-refractivity contribution < 1.29 is 8.83 Å². The molecule has 2 aromatic heterocycles. The monoisotopic (exact) mass is 604 g/mol. The van der Waals surface area contributed by atoms with Crippen LogP contribution in [0.25, 0.3) is 66.7 Å². The molecular weight excluding hydrogens is 576 g/mol. The third-order valence-electron chi connectivity index (χ3n) is 8.70. The number of rotatable bonds is 6. The van der Waals surface area contributed by atoms with Gasteiger partial charge in [-0.15, -0.1) is 0 Å². The number of oxazole rings is 1. The lowest BCUT2D eigenvalue weighted by molar-refractivity contribution is 0.622. The Kier molecular flexibility index (Phi) is 6.43. The standard InChI is InChI=1S/C43H28N2O2/c1-4-11-29(12-5-1)31-19-21-34(22-20-31)45(35-18-10-17-33(27-35)30-13-6-2-7-14-30)36-23-24-37-40(28-36)46-39-26-25-38-42(41(37)39)47-43(44-38)32-15-8-3-9-16-32/h1-28H. The van der Waals surface area contributed by atoms with Gasteiger partial charge in [0.05, 0.1) is 5.39 Å². The first-order valence-corrected chi connectivity index (χ1v) is 15.7. The fourth-order valence-corrected chi connectivity index (χ4v) is 6.41. The summed E-state index contributed by atoms with van der Waals surface area (Å²) < 4.78 is 12.9. The fraction of sp³-hybridized carbons (Fsp3) is 0. The van der Waals surface area contributed by atoms with E-state index in [2.05, 4.69) is 120 Å². The Balaban J connectivity index is 1.19. The number of benzene rings is 7. The molecular formula is C43H28N2O2. The van der Waals surface area contributed by atoms with E-state index in [0.717, 1.165) is 61.2 Å². The minimum atomic E-state index is 0.600. The molecule has 0 saturated heterocycles. The molecule has 4 heteroatoms. The van der Waals surface area contributed by atoms with E-state index in [1.54, 1.807) is 0 Å². The van der Waals surface area contributed by atoms with Gasteiger partial charge in [-0.05, 0) is 82.9 Å². The van der Waals surface area contributed by atoms with Gasteiger partial charge in [-0.25, -0.2) is 4.98 Å². The van der Waals surface area contributed by atoms with E-state index < -0.39 is 0 Å². The summed E-state index contributed by atoms with van der Waals surface area (Å²) in [7, 11) is 0. The van der Waals surface area contributed by atoms with Gasteiger partial charge in [0.2, 0.25) is 5.89 Å². The van der Waals surface area contributed by atoms with Gasteiger partial charge in [-0.3, -0.25) is 0 Å². The molecule has 0 fully saturated rings. The topological polar surface area (TPSA) is 42.4 Å². The molecule has 0 bridgehead atoms. The lowest BCUT2D eigenvalue weighted by Crippen LogP contribution is -2.10. The predicted molar refractivity (Wildman–Crippen MR) is 192 cm³/mol. The van der Waals surface area contributed by atoms with Crippen LogP contribution in [0.1, 0.15) is 0 Å². The Bertz CT molecular complexity index is 2500. The molecule has 0 amide bonds. The highest BCUT2D eigenvalue weighted by atomic mass is 16.4. The molecule has 2 heterocycles.